The highest BCUT2D eigenvalue weighted by atomic mass is 16.5. The van der Waals surface area contributed by atoms with Gasteiger partial charge < -0.3 is 9.72 Å². The number of hydrogen-bond donors (Lipinski definition) is 1. The SMILES string of the molecule is COC(=O)c1cnc(-c2cnn(-c3ccccc3)c2)[nH]1. The van der Waals surface area contributed by atoms with Crippen molar-refractivity contribution in [1.29, 1.82) is 0 Å². The number of hydrogen-bond acceptors (Lipinski definition) is 4. The molecule has 0 spiro atoms. The van der Waals surface area contributed by atoms with E-state index in [2.05, 4.69) is 19.8 Å². The van der Waals surface area contributed by atoms with E-state index in [0.717, 1.165) is 11.3 Å². The summed E-state index contributed by atoms with van der Waals surface area (Å²) in [6, 6.07) is 9.75. The molecule has 3 rings (SSSR count). The van der Waals surface area contributed by atoms with Gasteiger partial charge in [0.15, 0.2) is 0 Å². The van der Waals surface area contributed by atoms with E-state index in [1.165, 1.54) is 13.3 Å². The van der Waals surface area contributed by atoms with Crippen LogP contribution in [0.3, 0.4) is 0 Å². The first-order valence-corrected chi connectivity index (χ1v) is 6.02. The second kappa shape index (κ2) is 5.00. The Balaban J connectivity index is 1.91. The zero-order valence-electron chi connectivity index (χ0n) is 10.8. The normalized spacial score (nSPS) is 10.4. The van der Waals surface area contributed by atoms with Crippen LogP contribution in [0.25, 0.3) is 17.1 Å². The minimum absolute atomic E-state index is 0.315. The maximum Gasteiger partial charge on any atom is 0.356 e. The fraction of sp³-hybridized carbons (Fsp3) is 0.0714. The lowest BCUT2D eigenvalue weighted by Crippen LogP contribution is -2.00. The van der Waals surface area contributed by atoms with Crippen LogP contribution in [0.1, 0.15) is 10.5 Å². The minimum atomic E-state index is -0.445. The van der Waals surface area contributed by atoms with E-state index < -0.39 is 5.97 Å². The number of aromatic amines is 1. The average molecular weight is 268 g/mol. The average Bonchev–Trinajstić information content (AvgIpc) is 3.16. The summed E-state index contributed by atoms with van der Waals surface area (Å²) in [5.74, 6) is 0.131. The van der Waals surface area contributed by atoms with Crippen LogP contribution in [0.2, 0.25) is 0 Å². The Morgan fingerprint density at radius 3 is 2.80 bits per heavy atom. The highest BCUT2D eigenvalue weighted by molar-refractivity contribution is 5.87. The fourth-order valence-electron chi connectivity index (χ4n) is 1.85. The number of esters is 1. The maximum absolute atomic E-state index is 11.4. The van der Waals surface area contributed by atoms with Gasteiger partial charge in [-0.15, -0.1) is 0 Å². The third-order valence-electron chi connectivity index (χ3n) is 2.86. The van der Waals surface area contributed by atoms with Crippen LogP contribution in [0.15, 0.2) is 48.9 Å². The predicted molar refractivity (Wildman–Crippen MR) is 72.5 cm³/mol. The van der Waals surface area contributed by atoms with Crippen molar-refractivity contribution in [3.8, 4) is 17.1 Å². The molecule has 20 heavy (non-hydrogen) atoms. The molecule has 0 atom stereocenters. The molecule has 0 aliphatic heterocycles. The van der Waals surface area contributed by atoms with E-state index >= 15 is 0 Å². The molecule has 2 aromatic heterocycles. The lowest BCUT2D eigenvalue weighted by Gasteiger charge is -1.98. The molecule has 0 radical (unpaired) electrons. The van der Waals surface area contributed by atoms with Gasteiger partial charge in [0.1, 0.15) is 11.5 Å². The van der Waals surface area contributed by atoms with Gasteiger partial charge in [-0.25, -0.2) is 14.5 Å². The third kappa shape index (κ3) is 2.18. The van der Waals surface area contributed by atoms with Gasteiger partial charge in [-0.05, 0) is 12.1 Å². The van der Waals surface area contributed by atoms with Crippen molar-refractivity contribution in [3.05, 3.63) is 54.6 Å². The molecule has 0 fully saturated rings. The summed E-state index contributed by atoms with van der Waals surface area (Å²) < 4.78 is 6.37. The molecule has 0 saturated carbocycles. The second-order valence-electron chi connectivity index (χ2n) is 4.15. The number of rotatable bonds is 3. The number of imidazole rings is 1. The summed E-state index contributed by atoms with van der Waals surface area (Å²) in [5.41, 5.74) is 2.07. The third-order valence-corrected chi connectivity index (χ3v) is 2.86. The quantitative estimate of drug-likeness (QED) is 0.738. The zero-order chi connectivity index (χ0) is 13.9. The molecule has 2 heterocycles. The molecule has 3 aromatic rings. The van der Waals surface area contributed by atoms with Gasteiger partial charge in [0.25, 0.3) is 0 Å². The van der Waals surface area contributed by atoms with Crippen molar-refractivity contribution in [3.63, 3.8) is 0 Å². The van der Waals surface area contributed by atoms with E-state index in [9.17, 15) is 4.79 Å². The number of nitrogens with zero attached hydrogens (tertiary/aromatic N) is 3. The van der Waals surface area contributed by atoms with Crippen molar-refractivity contribution in [2.24, 2.45) is 0 Å². The van der Waals surface area contributed by atoms with Gasteiger partial charge in [-0.1, -0.05) is 18.2 Å². The van der Waals surface area contributed by atoms with Crippen LogP contribution in [0, 0.1) is 0 Å². The Morgan fingerprint density at radius 1 is 1.25 bits per heavy atom. The molecule has 1 N–H and O–H groups in total. The molecule has 100 valence electrons. The molecule has 6 nitrogen and oxygen atoms in total. The van der Waals surface area contributed by atoms with Crippen molar-refractivity contribution < 1.29 is 9.53 Å². The topological polar surface area (TPSA) is 72.8 Å². The summed E-state index contributed by atoms with van der Waals surface area (Å²) >= 11 is 0. The molecule has 0 amide bonds. The predicted octanol–water partition coefficient (Wildman–Crippen LogP) is 2.05. The fourth-order valence-corrected chi connectivity index (χ4v) is 1.85. The summed E-state index contributed by atoms with van der Waals surface area (Å²) in [6.45, 7) is 0. The molecular weight excluding hydrogens is 256 g/mol. The molecule has 0 saturated heterocycles. The Bertz CT molecular complexity index is 730. The summed E-state index contributed by atoms with van der Waals surface area (Å²) in [4.78, 5) is 18.4. The first-order valence-electron chi connectivity index (χ1n) is 6.02. The Labute approximate surface area is 115 Å². The lowest BCUT2D eigenvalue weighted by atomic mass is 10.3. The number of para-hydroxylation sites is 1. The molecule has 0 aliphatic rings. The smallest absolute Gasteiger partial charge is 0.356 e. The second-order valence-corrected chi connectivity index (χ2v) is 4.15. The van der Waals surface area contributed by atoms with E-state index in [0.29, 0.717) is 11.5 Å². The number of benzene rings is 1. The highest BCUT2D eigenvalue weighted by Crippen LogP contribution is 2.17. The van der Waals surface area contributed by atoms with Crippen molar-refractivity contribution in [2.75, 3.05) is 7.11 Å². The molecule has 0 unspecified atom stereocenters. The standard InChI is InChI=1S/C14H12N4O2/c1-20-14(19)12-8-15-13(17-12)10-7-16-18(9-10)11-5-3-2-4-6-11/h2-9H,1H3,(H,15,17). The van der Waals surface area contributed by atoms with E-state index in [-0.39, 0.29) is 0 Å². The molecule has 1 aromatic carbocycles. The van der Waals surface area contributed by atoms with Gasteiger partial charge >= 0.3 is 5.97 Å². The lowest BCUT2D eigenvalue weighted by molar-refractivity contribution is 0.0595. The van der Waals surface area contributed by atoms with Crippen molar-refractivity contribution in [2.45, 2.75) is 0 Å². The van der Waals surface area contributed by atoms with Crippen molar-refractivity contribution in [1.82, 2.24) is 19.7 Å². The number of aromatic nitrogens is 4. The maximum atomic E-state index is 11.4. The Hall–Kier alpha value is -2.89. The van der Waals surface area contributed by atoms with Crippen LogP contribution in [-0.2, 0) is 4.74 Å². The van der Waals surface area contributed by atoms with Gasteiger partial charge in [0.2, 0.25) is 0 Å². The van der Waals surface area contributed by atoms with E-state index in [1.54, 1.807) is 10.9 Å². The van der Waals surface area contributed by atoms with Crippen LogP contribution in [-0.4, -0.2) is 32.8 Å². The Kier molecular flexibility index (Phi) is 3.04. The Morgan fingerprint density at radius 2 is 2.05 bits per heavy atom. The number of ether oxygens (including phenoxy) is 1. The monoisotopic (exact) mass is 268 g/mol. The summed E-state index contributed by atoms with van der Waals surface area (Å²) in [6.07, 6.45) is 4.98. The highest BCUT2D eigenvalue weighted by Gasteiger charge is 2.12. The first kappa shape index (κ1) is 12.2. The van der Waals surface area contributed by atoms with Crippen LogP contribution in [0.4, 0.5) is 0 Å². The number of nitrogens with one attached hydrogen (secondary N) is 1. The van der Waals surface area contributed by atoms with Gasteiger partial charge in [-0.3, -0.25) is 0 Å². The van der Waals surface area contributed by atoms with E-state index in [1.807, 2.05) is 36.5 Å². The molecule has 0 bridgehead atoms. The number of H-pyrrole nitrogens is 1. The molecule has 0 aliphatic carbocycles. The van der Waals surface area contributed by atoms with Crippen LogP contribution < -0.4 is 0 Å². The number of carbonyl (C=O) groups excluding carboxylic acids is 1. The molecule has 6 heteroatoms. The van der Waals surface area contributed by atoms with Crippen LogP contribution >= 0.6 is 0 Å². The van der Waals surface area contributed by atoms with E-state index in [4.69, 9.17) is 0 Å². The zero-order valence-corrected chi connectivity index (χ0v) is 10.8. The van der Waals surface area contributed by atoms with Gasteiger partial charge in [0.05, 0.1) is 30.8 Å². The summed E-state index contributed by atoms with van der Waals surface area (Å²) in [7, 11) is 1.33. The first-order chi connectivity index (χ1) is 9.78. The van der Waals surface area contributed by atoms with Crippen LogP contribution in [0.5, 0.6) is 0 Å². The van der Waals surface area contributed by atoms with Gasteiger partial charge in [-0.2, -0.15) is 5.10 Å². The largest absolute Gasteiger partial charge is 0.464 e. The number of carbonyl (C=O) groups is 1. The summed E-state index contributed by atoms with van der Waals surface area (Å²) in [5, 5.41) is 4.28. The number of methoxy groups -OCH3 is 1. The molecular formula is C14H12N4O2. The van der Waals surface area contributed by atoms with Gasteiger partial charge in [0, 0.05) is 6.20 Å². The van der Waals surface area contributed by atoms with Crippen molar-refractivity contribution >= 4 is 5.97 Å². The minimum Gasteiger partial charge on any atom is -0.464 e.